The summed E-state index contributed by atoms with van der Waals surface area (Å²) in [6, 6.07) is 0. The number of hydrogen-bond donors (Lipinski definition) is 0. The average molecular weight is 117 g/mol. The van der Waals surface area contributed by atoms with Crippen LogP contribution in [0.25, 0.3) is 0 Å². The maximum Gasteiger partial charge on any atom is 0.252 e. The van der Waals surface area contributed by atoms with Crippen LogP contribution in [0.15, 0.2) is 0 Å². The van der Waals surface area contributed by atoms with E-state index in [1.54, 1.807) is 6.92 Å². The molecule has 0 aromatic rings. The standard InChI is InChI=1S/C5H10O3/c1-3-4(2)8-5(6)7/h4H,3H2,1-2H3,(H,6,7)/p-1. The van der Waals surface area contributed by atoms with E-state index in [0.29, 0.717) is 6.42 Å². The van der Waals surface area contributed by atoms with Crippen molar-refractivity contribution in [3.63, 3.8) is 0 Å². The van der Waals surface area contributed by atoms with Crippen LogP contribution in [-0.2, 0) is 4.74 Å². The first-order valence-corrected chi connectivity index (χ1v) is 2.54. The van der Waals surface area contributed by atoms with Crippen molar-refractivity contribution >= 4 is 6.16 Å². The van der Waals surface area contributed by atoms with Crippen LogP contribution in [0.2, 0.25) is 0 Å². The van der Waals surface area contributed by atoms with E-state index in [9.17, 15) is 9.90 Å². The summed E-state index contributed by atoms with van der Waals surface area (Å²) in [5.41, 5.74) is 0. The van der Waals surface area contributed by atoms with Crippen LogP contribution in [0, 0.1) is 0 Å². The van der Waals surface area contributed by atoms with Crippen LogP contribution in [0.1, 0.15) is 20.3 Å². The number of carbonyl (C=O) groups excluding carboxylic acids is 1. The Bertz CT molecular complexity index is 79.7. The van der Waals surface area contributed by atoms with Crippen molar-refractivity contribution in [2.75, 3.05) is 0 Å². The van der Waals surface area contributed by atoms with Gasteiger partial charge < -0.3 is 14.6 Å². The van der Waals surface area contributed by atoms with Gasteiger partial charge in [-0.15, -0.1) is 0 Å². The summed E-state index contributed by atoms with van der Waals surface area (Å²) in [6.07, 6.45) is -0.993. The molecule has 0 aliphatic rings. The van der Waals surface area contributed by atoms with Crippen molar-refractivity contribution < 1.29 is 14.6 Å². The molecular formula is C5H9O3-. The number of hydrogen-bond acceptors (Lipinski definition) is 3. The Morgan fingerprint density at radius 3 is 2.50 bits per heavy atom. The molecule has 0 aliphatic carbocycles. The first kappa shape index (κ1) is 7.27. The molecule has 0 spiro atoms. The lowest BCUT2D eigenvalue weighted by Crippen LogP contribution is -2.27. The monoisotopic (exact) mass is 117 g/mol. The van der Waals surface area contributed by atoms with Gasteiger partial charge in [-0.3, -0.25) is 0 Å². The van der Waals surface area contributed by atoms with E-state index in [0.717, 1.165) is 0 Å². The Labute approximate surface area is 48.3 Å². The highest BCUT2D eigenvalue weighted by molar-refractivity contribution is 5.54. The molecule has 1 unspecified atom stereocenters. The molecule has 0 saturated heterocycles. The van der Waals surface area contributed by atoms with E-state index in [4.69, 9.17) is 0 Å². The third-order valence-electron chi connectivity index (χ3n) is 0.872. The van der Waals surface area contributed by atoms with Gasteiger partial charge in [0.1, 0.15) is 0 Å². The second kappa shape index (κ2) is 3.29. The summed E-state index contributed by atoms with van der Waals surface area (Å²) in [7, 11) is 0. The molecule has 3 nitrogen and oxygen atoms in total. The van der Waals surface area contributed by atoms with Gasteiger partial charge in [-0.25, -0.2) is 0 Å². The molecule has 0 aromatic carbocycles. The van der Waals surface area contributed by atoms with Crippen molar-refractivity contribution in [1.82, 2.24) is 0 Å². The maximum absolute atomic E-state index is 9.64. The zero-order chi connectivity index (χ0) is 6.57. The molecule has 3 heteroatoms. The minimum atomic E-state index is -1.45. The molecule has 1 atom stereocenters. The highest BCUT2D eigenvalue weighted by Gasteiger charge is 1.92. The predicted molar refractivity (Wildman–Crippen MR) is 26.2 cm³/mol. The summed E-state index contributed by atoms with van der Waals surface area (Å²) in [6.45, 7) is 3.52. The van der Waals surface area contributed by atoms with Crippen molar-refractivity contribution in [2.24, 2.45) is 0 Å². The molecule has 0 aliphatic heterocycles. The topological polar surface area (TPSA) is 49.4 Å². The van der Waals surface area contributed by atoms with Crippen molar-refractivity contribution in [2.45, 2.75) is 26.4 Å². The fourth-order valence-corrected chi connectivity index (χ4v) is 0.248. The quantitative estimate of drug-likeness (QED) is 0.483. The second-order valence-electron chi connectivity index (χ2n) is 1.59. The number of rotatable bonds is 2. The van der Waals surface area contributed by atoms with Crippen LogP contribution in [0.3, 0.4) is 0 Å². The third kappa shape index (κ3) is 3.46. The minimum absolute atomic E-state index is 0.236. The lowest BCUT2D eigenvalue weighted by atomic mass is 10.3. The van der Waals surface area contributed by atoms with Crippen molar-refractivity contribution in [3.8, 4) is 0 Å². The Morgan fingerprint density at radius 1 is 1.88 bits per heavy atom. The second-order valence-corrected chi connectivity index (χ2v) is 1.59. The van der Waals surface area contributed by atoms with E-state index in [-0.39, 0.29) is 6.10 Å². The van der Waals surface area contributed by atoms with Crippen LogP contribution in [0.5, 0.6) is 0 Å². The molecule has 0 radical (unpaired) electrons. The number of carbonyl (C=O) groups is 1. The molecule has 0 rings (SSSR count). The molecule has 0 N–H and O–H groups in total. The first-order chi connectivity index (χ1) is 3.66. The molecule has 0 amide bonds. The largest absolute Gasteiger partial charge is 0.547 e. The molecule has 0 fully saturated rings. The summed E-state index contributed by atoms with van der Waals surface area (Å²) >= 11 is 0. The average Bonchev–Trinajstić information content (AvgIpc) is 1.65. The normalized spacial score (nSPS) is 12.8. The van der Waals surface area contributed by atoms with Crippen LogP contribution < -0.4 is 5.11 Å². The SMILES string of the molecule is CCC(C)OC(=O)[O-]. The van der Waals surface area contributed by atoms with Gasteiger partial charge in [0.2, 0.25) is 0 Å². The zero-order valence-electron chi connectivity index (χ0n) is 5.01. The van der Waals surface area contributed by atoms with E-state index in [2.05, 4.69) is 4.74 Å². The molecule has 8 heavy (non-hydrogen) atoms. The molecule has 0 saturated carbocycles. The van der Waals surface area contributed by atoms with Crippen LogP contribution >= 0.6 is 0 Å². The highest BCUT2D eigenvalue weighted by Crippen LogP contribution is 1.93. The fourth-order valence-electron chi connectivity index (χ4n) is 0.248. The van der Waals surface area contributed by atoms with Crippen LogP contribution in [0.4, 0.5) is 4.79 Å². The maximum atomic E-state index is 9.64. The third-order valence-corrected chi connectivity index (χ3v) is 0.872. The van der Waals surface area contributed by atoms with Gasteiger partial charge in [0.15, 0.2) is 0 Å². The minimum Gasteiger partial charge on any atom is -0.547 e. The summed E-state index contributed by atoms with van der Waals surface area (Å²) in [4.78, 5) is 9.64. The van der Waals surface area contributed by atoms with Gasteiger partial charge >= 0.3 is 0 Å². The van der Waals surface area contributed by atoms with E-state index < -0.39 is 6.16 Å². The highest BCUT2D eigenvalue weighted by atomic mass is 16.7. The Hall–Kier alpha value is -0.730. The van der Waals surface area contributed by atoms with Gasteiger partial charge in [-0.2, -0.15) is 0 Å². The molecular weight excluding hydrogens is 108 g/mol. The molecule has 0 heterocycles. The summed E-state index contributed by atoms with van der Waals surface area (Å²) in [5.74, 6) is 0. The van der Waals surface area contributed by atoms with Crippen LogP contribution in [-0.4, -0.2) is 12.3 Å². The Balaban J connectivity index is 3.24. The molecule has 0 bridgehead atoms. The van der Waals surface area contributed by atoms with E-state index in [1.807, 2.05) is 6.92 Å². The van der Waals surface area contributed by atoms with E-state index >= 15 is 0 Å². The van der Waals surface area contributed by atoms with Crippen molar-refractivity contribution in [3.05, 3.63) is 0 Å². The molecule has 0 aromatic heterocycles. The van der Waals surface area contributed by atoms with Gasteiger partial charge in [-0.1, -0.05) is 6.92 Å². The lowest BCUT2D eigenvalue weighted by molar-refractivity contribution is -0.286. The smallest absolute Gasteiger partial charge is 0.252 e. The van der Waals surface area contributed by atoms with Gasteiger partial charge in [0.25, 0.3) is 6.16 Å². The predicted octanol–water partition coefficient (Wildman–Crippen LogP) is 0.145. The Morgan fingerprint density at radius 2 is 2.38 bits per heavy atom. The fraction of sp³-hybridized carbons (Fsp3) is 0.800. The van der Waals surface area contributed by atoms with Gasteiger partial charge in [0, 0.05) is 6.10 Å². The number of ether oxygens (including phenoxy) is 1. The summed E-state index contributed by atoms with van der Waals surface area (Å²) < 4.78 is 4.20. The van der Waals surface area contributed by atoms with E-state index in [1.165, 1.54) is 0 Å². The lowest BCUT2D eigenvalue weighted by Gasteiger charge is -2.14. The van der Waals surface area contributed by atoms with Gasteiger partial charge in [0.05, 0.1) is 0 Å². The molecule has 48 valence electrons. The number of carboxylic acid groups (broad SMARTS) is 1. The zero-order valence-corrected chi connectivity index (χ0v) is 5.01. The Kier molecular flexibility index (Phi) is 2.99. The summed E-state index contributed by atoms with van der Waals surface area (Å²) in [5, 5.41) is 9.64. The first-order valence-electron chi connectivity index (χ1n) is 2.54. The van der Waals surface area contributed by atoms with Crippen molar-refractivity contribution in [1.29, 1.82) is 0 Å². The van der Waals surface area contributed by atoms with Gasteiger partial charge in [-0.05, 0) is 13.3 Å².